The molecule has 2 aromatic rings. The Morgan fingerprint density at radius 2 is 1.50 bits per heavy atom. The van der Waals surface area contributed by atoms with Crippen LogP contribution in [0, 0.1) is 0 Å². The van der Waals surface area contributed by atoms with E-state index in [1.165, 1.54) is 62.1 Å². The largest absolute Gasteiger partial charge is 0.278 e. The van der Waals surface area contributed by atoms with Gasteiger partial charge < -0.3 is 0 Å². The summed E-state index contributed by atoms with van der Waals surface area (Å²) in [6.45, 7) is 2.22. The third kappa shape index (κ3) is 8.49. The van der Waals surface area contributed by atoms with Gasteiger partial charge in [-0.2, -0.15) is 0 Å². The molecule has 0 aliphatic carbocycles. The van der Waals surface area contributed by atoms with E-state index in [1.807, 2.05) is 0 Å². The molecule has 9 heteroatoms. The van der Waals surface area contributed by atoms with Gasteiger partial charge in [0.2, 0.25) is 0 Å². The number of rotatable bonds is 14. The zero-order valence-electron chi connectivity index (χ0n) is 20.8. The van der Waals surface area contributed by atoms with E-state index >= 15 is 0 Å². The molecule has 6 nitrogen and oxygen atoms in total. The second-order valence-corrected chi connectivity index (χ2v) is 12.1. The van der Waals surface area contributed by atoms with Gasteiger partial charge in [0.1, 0.15) is 5.84 Å². The molecule has 0 spiro atoms. The van der Waals surface area contributed by atoms with E-state index in [0.717, 1.165) is 12.8 Å². The Morgan fingerprint density at radius 1 is 0.889 bits per heavy atom. The minimum Gasteiger partial charge on any atom is -0.278 e. The van der Waals surface area contributed by atoms with Gasteiger partial charge in [-0.1, -0.05) is 87.9 Å². The molecular formula is C27H35Cl2N3O3S. The second kappa shape index (κ2) is 14.0. The Kier molecular flexibility index (Phi) is 11.1. The van der Waals surface area contributed by atoms with Gasteiger partial charge in [-0.3, -0.25) is 10.2 Å². The second-order valence-electron chi connectivity index (χ2n) is 9.17. The number of nitrogens with zero attached hydrogens (tertiary/aromatic N) is 2. The van der Waals surface area contributed by atoms with Gasteiger partial charge >= 0.3 is 0 Å². The van der Waals surface area contributed by atoms with Crippen molar-refractivity contribution in [3.8, 4) is 0 Å². The number of hydrogen-bond donors (Lipinski definition) is 1. The Morgan fingerprint density at radius 3 is 2.11 bits per heavy atom. The smallest absolute Gasteiger partial charge is 0.253 e. The fraction of sp³-hybridized carbons (Fsp3) is 0.481. The highest BCUT2D eigenvalue weighted by molar-refractivity contribution is 7.91. The number of hydrogen-bond acceptors (Lipinski definition) is 4. The SMILES string of the molecule is CCCCCCCCCCCCS(=O)(=O)c1ccc(N=C2CC(=O)N(c3ccc(Cl)cc3)N2)c(Cl)c1. The lowest BCUT2D eigenvalue weighted by atomic mass is 10.1. The van der Waals surface area contributed by atoms with Gasteiger partial charge in [-0.05, 0) is 48.9 Å². The lowest BCUT2D eigenvalue weighted by molar-refractivity contribution is -0.116. The number of carbonyl (C=O) groups is 1. The van der Waals surface area contributed by atoms with Crippen molar-refractivity contribution in [2.45, 2.75) is 82.4 Å². The number of unbranched alkanes of at least 4 members (excludes halogenated alkanes) is 9. The molecule has 1 N–H and O–H groups in total. The number of halogens is 2. The van der Waals surface area contributed by atoms with Crippen LogP contribution in [0.5, 0.6) is 0 Å². The molecule has 0 atom stereocenters. The van der Waals surface area contributed by atoms with Crippen LogP contribution in [0.25, 0.3) is 0 Å². The number of aliphatic imine (C=N–C) groups is 1. The Labute approximate surface area is 225 Å². The molecule has 0 aromatic heterocycles. The maximum absolute atomic E-state index is 12.8. The topological polar surface area (TPSA) is 78.8 Å². The summed E-state index contributed by atoms with van der Waals surface area (Å²) in [4.78, 5) is 17.0. The first-order valence-corrected chi connectivity index (χ1v) is 15.2. The molecule has 1 heterocycles. The van der Waals surface area contributed by atoms with Crippen molar-refractivity contribution in [2.75, 3.05) is 10.8 Å². The minimum absolute atomic E-state index is 0.0811. The molecule has 1 aliphatic heterocycles. The molecule has 196 valence electrons. The summed E-state index contributed by atoms with van der Waals surface area (Å²) in [6.07, 6.45) is 11.6. The van der Waals surface area contributed by atoms with Crippen LogP contribution in [0.1, 0.15) is 77.6 Å². The highest BCUT2D eigenvalue weighted by Gasteiger charge is 2.27. The van der Waals surface area contributed by atoms with E-state index in [2.05, 4.69) is 17.3 Å². The van der Waals surface area contributed by atoms with Crippen LogP contribution in [0.4, 0.5) is 11.4 Å². The van der Waals surface area contributed by atoms with E-state index in [1.54, 1.807) is 30.3 Å². The van der Waals surface area contributed by atoms with E-state index in [-0.39, 0.29) is 28.0 Å². The summed E-state index contributed by atoms with van der Waals surface area (Å²) in [5.41, 5.74) is 4.02. The number of nitrogens with one attached hydrogen (secondary N) is 1. The molecule has 1 amide bonds. The van der Waals surface area contributed by atoms with Crippen molar-refractivity contribution in [2.24, 2.45) is 4.99 Å². The number of amidine groups is 1. The van der Waals surface area contributed by atoms with Crippen LogP contribution in [-0.2, 0) is 14.6 Å². The van der Waals surface area contributed by atoms with Gasteiger partial charge in [0.25, 0.3) is 5.91 Å². The highest BCUT2D eigenvalue weighted by atomic mass is 35.5. The van der Waals surface area contributed by atoms with Gasteiger partial charge in [-0.15, -0.1) is 0 Å². The normalized spacial score (nSPS) is 15.0. The molecular weight excluding hydrogens is 517 g/mol. The first kappa shape index (κ1) is 28.5. The zero-order chi connectivity index (χ0) is 26.0. The van der Waals surface area contributed by atoms with Crippen LogP contribution >= 0.6 is 23.2 Å². The predicted molar refractivity (Wildman–Crippen MR) is 149 cm³/mol. The summed E-state index contributed by atoms with van der Waals surface area (Å²) >= 11 is 12.3. The number of anilines is 1. The average Bonchev–Trinajstić information content (AvgIpc) is 3.21. The molecule has 3 rings (SSSR count). The average molecular weight is 553 g/mol. The Bertz CT molecular complexity index is 1150. The quantitative estimate of drug-likeness (QED) is 0.244. The van der Waals surface area contributed by atoms with Crippen LogP contribution in [0.2, 0.25) is 10.0 Å². The minimum atomic E-state index is -3.41. The van der Waals surface area contributed by atoms with Crippen molar-refractivity contribution in [3.05, 3.63) is 52.5 Å². The third-order valence-corrected chi connectivity index (χ3v) is 8.55. The van der Waals surface area contributed by atoms with Crippen molar-refractivity contribution in [1.82, 2.24) is 5.43 Å². The van der Waals surface area contributed by atoms with Crippen LogP contribution in [-0.4, -0.2) is 25.9 Å². The third-order valence-electron chi connectivity index (χ3n) is 6.19. The zero-order valence-corrected chi connectivity index (χ0v) is 23.1. The van der Waals surface area contributed by atoms with E-state index in [0.29, 0.717) is 28.7 Å². The molecule has 0 radical (unpaired) electrons. The molecule has 2 aromatic carbocycles. The Hall–Kier alpha value is -2.09. The molecule has 1 fully saturated rings. The molecule has 0 unspecified atom stereocenters. The lowest BCUT2D eigenvalue weighted by Gasteiger charge is -2.15. The van der Waals surface area contributed by atoms with Crippen molar-refractivity contribution in [3.63, 3.8) is 0 Å². The van der Waals surface area contributed by atoms with Gasteiger partial charge in [0.05, 0.1) is 33.5 Å². The van der Waals surface area contributed by atoms with Crippen LogP contribution in [0.15, 0.2) is 52.4 Å². The monoisotopic (exact) mass is 551 g/mol. The molecule has 1 aliphatic rings. The summed E-state index contributed by atoms with van der Waals surface area (Å²) in [7, 11) is -3.41. The van der Waals surface area contributed by atoms with Crippen molar-refractivity contribution >= 4 is 56.2 Å². The van der Waals surface area contributed by atoms with E-state index < -0.39 is 9.84 Å². The number of sulfone groups is 1. The fourth-order valence-corrected chi connectivity index (χ4v) is 5.94. The van der Waals surface area contributed by atoms with Gasteiger partial charge in [0, 0.05) is 5.02 Å². The number of carbonyl (C=O) groups excluding carboxylic acids is 1. The van der Waals surface area contributed by atoms with E-state index in [4.69, 9.17) is 23.2 Å². The van der Waals surface area contributed by atoms with Crippen molar-refractivity contribution < 1.29 is 13.2 Å². The first-order valence-electron chi connectivity index (χ1n) is 12.7. The standard InChI is InChI=1S/C27H35Cl2N3O3S/c1-2-3-4-5-6-7-8-9-10-11-18-36(34,35)23-16-17-25(24(29)19-23)30-26-20-27(33)32(31-26)22-14-12-21(28)13-15-22/h12-17,19H,2-11,18,20H2,1H3,(H,30,31). The first-order chi connectivity index (χ1) is 17.3. The fourth-order valence-electron chi connectivity index (χ4n) is 4.13. The molecule has 36 heavy (non-hydrogen) atoms. The molecule has 0 saturated carbocycles. The predicted octanol–water partition coefficient (Wildman–Crippen LogP) is 7.66. The lowest BCUT2D eigenvalue weighted by Crippen LogP contribution is -2.35. The van der Waals surface area contributed by atoms with Gasteiger partial charge in [-0.25, -0.2) is 18.4 Å². The number of amides is 1. The van der Waals surface area contributed by atoms with E-state index in [9.17, 15) is 13.2 Å². The highest BCUT2D eigenvalue weighted by Crippen LogP contribution is 2.30. The van der Waals surface area contributed by atoms with Gasteiger partial charge in [0.15, 0.2) is 9.84 Å². The summed E-state index contributed by atoms with van der Waals surface area (Å²) < 4.78 is 25.6. The maximum Gasteiger partial charge on any atom is 0.253 e. The Balaban J connectivity index is 1.50. The summed E-state index contributed by atoms with van der Waals surface area (Å²) in [6, 6.07) is 11.4. The molecule has 1 saturated heterocycles. The van der Waals surface area contributed by atoms with Crippen LogP contribution < -0.4 is 10.4 Å². The number of benzene rings is 2. The molecule has 0 bridgehead atoms. The summed E-state index contributed by atoms with van der Waals surface area (Å²) in [5, 5.41) is 2.20. The number of hydrazine groups is 1. The van der Waals surface area contributed by atoms with Crippen molar-refractivity contribution in [1.29, 1.82) is 0 Å². The van der Waals surface area contributed by atoms with Crippen LogP contribution in [0.3, 0.4) is 0 Å². The maximum atomic E-state index is 12.8. The summed E-state index contributed by atoms with van der Waals surface area (Å²) in [5.74, 6) is 0.375.